The van der Waals surface area contributed by atoms with Crippen molar-refractivity contribution in [1.29, 1.82) is 0 Å². The Morgan fingerprint density at radius 3 is 1.61 bits per heavy atom. The van der Waals surface area contributed by atoms with Crippen LogP contribution in [0.1, 0.15) is 79.0 Å². The minimum absolute atomic E-state index is 0.0262. The maximum Gasteiger partial charge on any atom is 0.503 e. The summed E-state index contributed by atoms with van der Waals surface area (Å²) in [6, 6.07) is 79.4. The quantitative estimate of drug-likeness (QED) is 0.0820. The number of rotatable bonds is 9. The molecule has 0 bridgehead atoms. The second-order valence-corrected chi connectivity index (χ2v) is 26.1. The molecule has 1 aliphatic heterocycles. The summed E-state index contributed by atoms with van der Waals surface area (Å²) in [6.07, 6.45) is 1.93. The predicted octanol–water partition coefficient (Wildman–Crippen LogP) is 14.1. The zero-order valence-electron chi connectivity index (χ0n) is 42.9. The normalized spacial score (nSPS) is 13.0. The van der Waals surface area contributed by atoms with Crippen molar-refractivity contribution in [1.82, 2.24) is 18.7 Å². The van der Waals surface area contributed by atoms with E-state index >= 15 is 0 Å². The van der Waals surface area contributed by atoms with Crippen molar-refractivity contribution in [2.75, 3.05) is 0 Å². The molecule has 5 nitrogen and oxygen atoms in total. The maximum atomic E-state index is 6.91. The average molecular weight is 955 g/mol. The molecule has 0 aliphatic carbocycles. The van der Waals surface area contributed by atoms with E-state index in [1.807, 2.05) is 12.3 Å². The smallest absolute Gasteiger partial charge is 0.457 e. The first kappa shape index (κ1) is 46.5. The Morgan fingerprint density at radius 1 is 0.444 bits per heavy atom. The SMILES string of the molecule is CC(C)(C)c1cc([N+]2=C=[N+](c3cccc(Oc4ccc5c6ccccc6n(-c6cc(C(C)(C)C)ccn6)c5c4)c3)c3cccc([Si](c4ccccc4)(c4ccccc4)c4ccccc4)c32)cc(C(C)(C)C)c1. The van der Waals surface area contributed by atoms with Gasteiger partial charge in [0, 0.05) is 52.5 Å². The van der Waals surface area contributed by atoms with Gasteiger partial charge in [-0.25, -0.2) is 4.98 Å². The highest BCUT2D eigenvalue weighted by molar-refractivity contribution is 7.20. The number of hydrogen-bond donors (Lipinski definition) is 0. The van der Waals surface area contributed by atoms with E-state index in [1.165, 1.54) is 42.8 Å². The lowest BCUT2D eigenvalue weighted by Crippen LogP contribution is -2.75. The molecule has 3 heterocycles. The van der Waals surface area contributed by atoms with Crippen LogP contribution in [0.15, 0.2) is 212 Å². The van der Waals surface area contributed by atoms with Crippen molar-refractivity contribution in [3.63, 3.8) is 0 Å². The van der Waals surface area contributed by atoms with E-state index in [2.05, 4.69) is 282 Å². The summed E-state index contributed by atoms with van der Waals surface area (Å²) in [5.74, 6) is 2.36. The minimum atomic E-state index is -3.04. The van der Waals surface area contributed by atoms with E-state index in [0.717, 1.165) is 56.5 Å². The zero-order valence-corrected chi connectivity index (χ0v) is 43.9. The highest BCUT2D eigenvalue weighted by Gasteiger charge is 2.50. The fourth-order valence-corrected chi connectivity index (χ4v) is 15.5. The van der Waals surface area contributed by atoms with Crippen LogP contribution in [-0.4, -0.2) is 23.6 Å². The Hall–Kier alpha value is -7.89. The van der Waals surface area contributed by atoms with Gasteiger partial charge in [-0.1, -0.05) is 196 Å². The Bertz CT molecular complexity index is 3620. The number of pyridine rings is 1. The fourth-order valence-electron chi connectivity index (χ4n) is 10.6. The van der Waals surface area contributed by atoms with Crippen LogP contribution in [0.2, 0.25) is 0 Å². The van der Waals surface area contributed by atoms with Gasteiger partial charge in [-0.3, -0.25) is 4.57 Å². The van der Waals surface area contributed by atoms with Crippen LogP contribution < -0.4 is 34.6 Å². The van der Waals surface area contributed by atoms with Gasteiger partial charge < -0.3 is 4.74 Å². The monoisotopic (exact) mass is 954 g/mol. The van der Waals surface area contributed by atoms with Gasteiger partial charge in [-0.05, 0) is 94.0 Å². The maximum absolute atomic E-state index is 6.91. The molecule has 0 saturated carbocycles. The van der Waals surface area contributed by atoms with Crippen molar-refractivity contribution >= 4 is 79.4 Å². The van der Waals surface area contributed by atoms with Gasteiger partial charge in [0.25, 0.3) is 11.4 Å². The molecule has 0 saturated heterocycles. The van der Waals surface area contributed by atoms with E-state index in [9.17, 15) is 0 Å². The molecule has 10 aromatic rings. The van der Waals surface area contributed by atoms with Gasteiger partial charge in [0.1, 0.15) is 17.3 Å². The number of fused-ring (bicyclic) bond motifs is 4. The van der Waals surface area contributed by atoms with Gasteiger partial charge >= 0.3 is 6.01 Å². The Labute approximate surface area is 425 Å². The fraction of sp³-hybridized carbons (Fsp3) is 0.182. The van der Waals surface area contributed by atoms with Crippen molar-refractivity contribution in [3.8, 4) is 17.3 Å². The molecule has 1 aliphatic rings. The molecular weight excluding hydrogens is 893 g/mol. The lowest BCUT2D eigenvalue weighted by Gasteiger charge is -2.33. The van der Waals surface area contributed by atoms with Crippen LogP contribution >= 0.6 is 0 Å². The predicted molar refractivity (Wildman–Crippen MR) is 306 cm³/mol. The third-order valence-corrected chi connectivity index (χ3v) is 19.2. The van der Waals surface area contributed by atoms with E-state index in [0.29, 0.717) is 0 Å². The van der Waals surface area contributed by atoms with Crippen LogP contribution in [0.3, 0.4) is 0 Å². The van der Waals surface area contributed by atoms with Gasteiger partial charge in [0.05, 0.1) is 17.1 Å². The first-order valence-electron chi connectivity index (χ1n) is 25.2. The molecule has 72 heavy (non-hydrogen) atoms. The molecular formula is C66H62N4OSi+2. The molecule has 0 unspecified atom stereocenters. The number of aromatic nitrogens is 2. The largest absolute Gasteiger partial charge is 0.503 e. The molecule has 0 spiro atoms. The number of benzene rings is 8. The molecule has 0 atom stereocenters. The third kappa shape index (κ3) is 8.21. The first-order valence-corrected chi connectivity index (χ1v) is 27.2. The van der Waals surface area contributed by atoms with Gasteiger partial charge in [0.15, 0.2) is 8.07 Å². The molecule has 6 heteroatoms. The number of hydrogen-bond acceptors (Lipinski definition) is 2. The van der Waals surface area contributed by atoms with E-state index in [1.54, 1.807) is 0 Å². The number of para-hydroxylation sites is 2. The van der Waals surface area contributed by atoms with Crippen LogP contribution in [0.25, 0.3) is 27.6 Å². The van der Waals surface area contributed by atoms with Crippen molar-refractivity contribution < 1.29 is 4.74 Å². The van der Waals surface area contributed by atoms with Crippen LogP contribution in [0.5, 0.6) is 11.5 Å². The van der Waals surface area contributed by atoms with Crippen LogP contribution in [0, 0.1) is 0 Å². The van der Waals surface area contributed by atoms with Crippen LogP contribution in [0.4, 0.5) is 22.7 Å². The summed E-state index contributed by atoms with van der Waals surface area (Å²) in [6.45, 7) is 20.6. The highest BCUT2D eigenvalue weighted by atomic mass is 28.3. The summed E-state index contributed by atoms with van der Waals surface area (Å²) in [5, 5.41) is 7.56. The molecule has 0 fully saturated rings. The Morgan fingerprint density at radius 2 is 1.00 bits per heavy atom. The van der Waals surface area contributed by atoms with E-state index in [4.69, 9.17) is 9.72 Å². The first-order chi connectivity index (χ1) is 34.6. The second kappa shape index (κ2) is 17.7. The average Bonchev–Trinajstić information content (AvgIpc) is 3.94. The second-order valence-electron chi connectivity index (χ2n) is 22.3. The summed E-state index contributed by atoms with van der Waals surface area (Å²) >= 11 is 0. The molecule has 354 valence electrons. The van der Waals surface area contributed by atoms with Crippen LogP contribution in [-0.2, 0) is 16.2 Å². The standard InChI is InChI=1S/C66H62N4OSi/c1-64(2,3)46-37-38-67-62(42-46)70-58-32-20-19-31-56(58)57-36-35-52(44-60(57)70)71-51-24-21-23-49(43-51)68-45-69(50-40-47(65(4,5)6)39-48(41-50)66(7,8)9)63-59(68)33-22-34-61(63)72(53-25-13-10-14-26-53,54-27-15-11-16-28-54)55-29-17-12-18-30-55/h10-44H,1-9H3/q+2. The van der Waals surface area contributed by atoms with Gasteiger partial charge in [0.2, 0.25) is 11.4 Å². The van der Waals surface area contributed by atoms with Crippen molar-refractivity contribution in [3.05, 3.63) is 229 Å². The van der Waals surface area contributed by atoms with Gasteiger partial charge in [-0.2, -0.15) is 0 Å². The summed E-state index contributed by atoms with van der Waals surface area (Å²) in [5.41, 5.74) is 9.94. The zero-order chi connectivity index (χ0) is 50.0. The summed E-state index contributed by atoms with van der Waals surface area (Å²) in [7, 11) is -3.04. The van der Waals surface area contributed by atoms with E-state index < -0.39 is 8.07 Å². The number of nitrogens with zero attached hydrogens (tertiary/aromatic N) is 4. The summed E-state index contributed by atoms with van der Waals surface area (Å²) in [4.78, 5) is 4.93. The number of ether oxygens (including phenoxy) is 1. The lowest BCUT2D eigenvalue weighted by molar-refractivity contribution is 0.483. The topological polar surface area (TPSA) is 33.1 Å². The molecule has 0 amide bonds. The highest BCUT2D eigenvalue weighted by Crippen LogP contribution is 2.41. The Kier molecular flexibility index (Phi) is 11.5. The molecule has 11 rings (SSSR count). The van der Waals surface area contributed by atoms with Crippen molar-refractivity contribution in [2.24, 2.45) is 0 Å². The Balaban J connectivity index is 1.12. The summed E-state index contributed by atoms with van der Waals surface area (Å²) < 4.78 is 13.8. The van der Waals surface area contributed by atoms with E-state index in [-0.39, 0.29) is 16.2 Å². The van der Waals surface area contributed by atoms with Crippen molar-refractivity contribution in [2.45, 2.75) is 78.6 Å². The minimum Gasteiger partial charge on any atom is -0.457 e. The lowest BCUT2D eigenvalue weighted by atomic mass is 9.80. The molecule has 0 radical (unpaired) electrons. The molecule has 0 N–H and O–H groups in total. The molecule has 8 aromatic carbocycles. The molecule has 2 aromatic heterocycles. The van der Waals surface area contributed by atoms with Gasteiger partial charge in [-0.15, -0.1) is 0 Å². The third-order valence-electron chi connectivity index (χ3n) is 14.4.